The monoisotopic (exact) mass is 315 g/mol. The van der Waals surface area contributed by atoms with Crippen molar-refractivity contribution < 1.29 is 14.3 Å². The average Bonchev–Trinajstić information content (AvgIpc) is 3.06. The fraction of sp³-hybridized carbons (Fsp3) is 0.579. The van der Waals surface area contributed by atoms with E-state index in [0.29, 0.717) is 12.3 Å². The fourth-order valence-corrected chi connectivity index (χ4v) is 3.80. The van der Waals surface area contributed by atoms with Crippen molar-refractivity contribution in [2.75, 3.05) is 6.61 Å². The van der Waals surface area contributed by atoms with Gasteiger partial charge in [0, 0.05) is 6.42 Å². The summed E-state index contributed by atoms with van der Waals surface area (Å²) < 4.78 is 5.14. The molecule has 0 bridgehead atoms. The first-order valence-corrected chi connectivity index (χ1v) is 8.75. The van der Waals surface area contributed by atoms with Gasteiger partial charge in [0.25, 0.3) is 5.91 Å². The molecule has 0 unspecified atom stereocenters. The number of rotatable bonds is 5. The zero-order valence-electron chi connectivity index (χ0n) is 13.6. The van der Waals surface area contributed by atoms with Gasteiger partial charge in [-0.3, -0.25) is 9.59 Å². The molecule has 1 aromatic carbocycles. The van der Waals surface area contributed by atoms with Crippen LogP contribution in [0.5, 0.6) is 0 Å². The quantitative estimate of drug-likeness (QED) is 0.848. The summed E-state index contributed by atoms with van der Waals surface area (Å²) in [4.78, 5) is 23.9. The highest BCUT2D eigenvalue weighted by molar-refractivity contribution is 5.81. The molecule has 1 aromatic rings. The van der Waals surface area contributed by atoms with E-state index in [-0.39, 0.29) is 24.5 Å². The number of carbonyl (C=O) groups is 2. The van der Waals surface area contributed by atoms with Crippen LogP contribution in [0.3, 0.4) is 0 Å². The van der Waals surface area contributed by atoms with Gasteiger partial charge in [-0.15, -0.1) is 0 Å². The second-order valence-corrected chi connectivity index (χ2v) is 6.73. The van der Waals surface area contributed by atoms with E-state index in [1.807, 2.05) is 12.1 Å². The van der Waals surface area contributed by atoms with Crippen molar-refractivity contribution in [1.82, 2.24) is 5.32 Å². The van der Waals surface area contributed by atoms with Crippen LogP contribution in [0.2, 0.25) is 0 Å². The number of carbonyl (C=O) groups excluding carboxylic acids is 2. The maximum Gasteiger partial charge on any atom is 0.306 e. The van der Waals surface area contributed by atoms with Gasteiger partial charge >= 0.3 is 5.97 Å². The molecule has 4 heteroatoms. The van der Waals surface area contributed by atoms with Crippen LogP contribution in [0.15, 0.2) is 24.3 Å². The van der Waals surface area contributed by atoms with E-state index in [0.717, 1.165) is 32.1 Å². The summed E-state index contributed by atoms with van der Waals surface area (Å²) in [5, 5.41) is 3.01. The predicted octanol–water partition coefficient (Wildman–Crippen LogP) is 3.30. The molecule has 4 nitrogen and oxygen atoms in total. The first-order valence-electron chi connectivity index (χ1n) is 8.75. The Hall–Kier alpha value is -1.84. The lowest BCUT2D eigenvalue weighted by molar-refractivity contribution is -0.149. The maximum atomic E-state index is 12.1. The Morgan fingerprint density at radius 2 is 1.87 bits per heavy atom. The van der Waals surface area contributed by atoms with Crippen molar-refractivity contribution in [1.29, 1.82) is 0 Å². The molecule has 0 spiro atoms. The molecule has 1 amide bonds. The second kappa shape index (κ2) is 7.62. The minimum absolute atomic E-state index is 0.0426. The molecular weight excluding hydrogens is 290 g/mol. The molecule has 124 valence electrons. The van der Waals surface area contributed by atoms with Crippen LogP contribution in [0, 0.1) is 5.92 Å². The summed E-state index contributed by atoms with van der Waals surface area (Å²) in [7, 11) is 0. The van der Waals surface area contributed by atoms with Crippen LogP contribution in [0.1, 0.15) is 62.1 Å². The Labute approximate surface area is 137 Å². The molecule has 1 fully saturated rings. The van der Waals surface area contributed by atoms with Crippen molar-refractivity contribution in [3.05, 3.63) is 35.4 Å². The van der Waals surface area contributed by atoms with E-state index < -0.39 is 0 Å². The van der Waals surface area contributed by atoms with Crippen molar-refractivity contribution in [3.63, 3.8) is 0 Å². The molecule has 1 atom stereocenters. The summed E-state index contributed by atoms with van der Waals surface area (Å²) in [5.74, 6) is 0.0124. The van der Waals surface area contributed by atoms with Gasteiger partial charge in [0.05, 0.1) is 6.04 Å². The van der Waals surface area contributed by atoms with Crippen LogP contribution >= 0.6 is 0 Å². The highest BCUT2D eigenvalue weighted by Gasteiger charge is 2.23. The van der Waals surface area contributed by atoms with E-state index >= 15 is 0 Å². The number of nitrogens with one attached hydrogen (secondary N) is 1. The van der Waals surface area contributed by atoms with Crippen molar-refractivity contribution in [3.8, 4) is 0 Å². The summed E-state index contributed by atoms with van der Waals surface area (Å²) >= 11 is 0. The van der Waals surface area contributed by atoms with Gasteiger partial charge in [0.2, 0.25) is 0 Å². The first-order chi connectivity index (χ1) is 11.2. The number of ether oxygens (including phenoxy) is 1. The predicted molar refractivity (Wildman–Crippen MR) is 87.8 cm³/mol. The van der Waals surface area contributed by atoms with Crippen LogP contribution in [0.4, 0.5) is 0 Å². The zero-order valence-corrected chi connectivity index (χ0v) is 13.6. The summed E-state index contributed by atoms with van der Waals surface area (Å²) in [6.07, 6.45) is 8.18. The van der Waals surface area contributed by atoms with Crippen LogP contribution in [-0.2, 0) is 20.7 Å². The molecule has 1 N–H and O–H groups in total. The van der Waals surface area contributed by atoms with E-state index in [2.05, 4.69) is 17.4 Å². The number of fused-ring (bicyclic) bond motifs is 1. The normalized spacial score (nSPS) is 20.8. The first kappa shape index (κ1) is 16.0. The van der Waals surface area contributed by atoms with Gasteiger partial charge in [0.15, 0.2) is 6.61 Å². The third-order valence-electron chi connectivity index (χ3n) is 5.00. The van der Waals surface area contributed by atoms with E-state index in [1.165, 1.54) is 24.0 Å². The lowest BCUT2D eigenvalue weighted by atomic mass is 9.88. The van der Waals surface area contributed by atoms with Crippen LogP contribution < -0.4 is 5.32 Å². The smallest absolute Gasteiger partial charge is 0.306 e. The maximum absolute atomic E-state index is 12.1. The average molecular weight is 315 g/mol. The van der Waals surface area contributed by atoms with Crippen molar-refractivity contribution in [2.45, 2.75) is 57.4 Å². The molecule has 0 aliphatic heterocycles. The number of esters is 1. The lowest BCUT2D eigenvalue weighted by Gasteiger charge is -2.26. The number of hydrogen-bond acceptors (Lipinski definition) is 3. The molecule has 0 saturated heterocycles. The summed E-state index contributed by atoms with van der Waals surface area (Å²) in [5.41, 5.74) is 2.51. The SMILES string of the molecule is O=C(COC(=O)CC1CCCC1)N[C@H]1CCCc2ccccc21. The van der Waals surface area contributed by atoms with Crippen LogP contribution in [-0.4, -0.2) is 18.5 Å². The molecular formula is C19H25NO3. The Morgan fingerprint density at radius 3 is 2.70 bits per heavy atom. The lowest BCUT2D eigenvalue weighted by Crippen LogP contribution is -2.34. The van der Waals surface area contributed by atoms with E-state index in [4.69, 9.17) is 4.74 Å². The minimum Gasteiger partial charge on any atom is -0.456 e. The van der Waals surface area contributed by atoms with Crippen LogP contribution in [0.25, 0.3) is 0 Å². The molecule has 23 heavy (non-hydrogen) atoms. The summed E-state index contributed by atoms with van der Waals surface area (Å²) in [6.45, 7) is -0.162. The molecule has 1 saturated carbocycles. The van der Waals surface area contributed by atoms with Gasteiger partial charge < -0.3 is 10.1 Å². The van der Waals surface area contributed by atoms with Gasteiger partial charge in [-0.2, -0.15) is 0 Å². The number of amides is 1. The highest BCUT2D eigenvalue weighted by atomic mass is 16.5. The second-order valence-electron chi connectivity index (χ2n) is 6.73. The van der Waals surface area contributed by atoms with Gasteiger partial charge in [-0.25, -0.2) is 0 Å². The third-order valence-corrected chi connectivity index (χ3v) is 5.00. The Bertz CT molecular complexity index is 563. The third kappa shape index (κ3) is 4.34. The number of hydrogen-bond donors (Lipinski definition) is 1. The van der Waals surface area contributed by atoms with Gasteiger partial charge in [0.1, 0.15) is 0 Å². The van der Waals surface area contributed by atoms with Gasteiger partial charge in [-0.1, -0.05) is 37.1 Å². The minimum atomic E-state index is -0.240. The molecule has 2 aliphatic carbocycles. The topological polar surface area (TPSA) is 55.4 Å². The zero-order chi connectivity index (χ0) is 16.1. The number of benzene rings is 1. The molecule has 0 radical (unpaired) electrons. The molecule has 0 aromatic heterocycles. The molecule has 3 rings (SSSR count). The Balaban J connectivity index is 1.45. The van der Waals surface area contributed by atoms with Crippen molar-refractivity contribution >= 4 is 11.9 Å². The Morgan fingerprint density at radius 1 is 1.09 bits per heavy atom. The number of aryl methyl sites for hydroxylation is 1. The van der Waals surface area contributed by atoms with E-state index in [9.17, 15) is 9.59 Å². The van der Waals surface area contributed by atoms with E-state index in [1.54, 1.807) is 0 Å². The summed E-state index contributed by atoms with van der Waals surface area (Å²) in [6, 6.07) is 8.28. The Kier molecular flexibility index (Phi) is 5.31. The largest absolute Gasteiger partial charge is 0.456 e. The standard InChI is InChI=1S/C19H25NO3/c21-18(13-23-19(22)12-14-6-1-2-7-14)20-17-11-5-9-15-8-3-4-10-16(15)17/h3-4,8,10,14,17H,1-2,5-7,9,11-13H2,(H,20,21)/t17-/m0/s1. The van der Waals surface area contributed by atoms with Gasteiger partial charge in [-0.05, 0) is 49.1 Å². The highest BCUT2D eigenvalue weighted by Crippen LogP contribution is 2.29. The molecule has 0 heterocycles. The molecule has 2 aliphatic rings. The van der Waals surface area contributed by atoms with Crippen molar-refractivity contribution in [2.24, 2.45) is 5.92 Å². The fourth-order valence-electron chi connectivity index (χ4n) is 3.80.